The van der Waals surface area contributed by atoms with Gasteiger partial charge in [-0.25, -0.2) is 17.9 Å². The predicted molar refractivity (Wildman–Crippen MR) is 114 cm³/mol. The van der Waals surface area contributed by atoms with Gasteiger partial charge in [-0.05, 0) is 48.9 Å². The minimum Gasteiger partial charge on any atom is -0.462 e. The Labute approximate surface area is 182 Å². The number of rotatable bonds is 8. The maximum atomic E-state index is 12.8. The van der Waals surface area contributed by atoms with Gasteiger partial charge in [0.2, 0.25) is 10.0 Å². The van der Waals surface area contributed by atoms with Crippen molar-refractivity contribution >= 4 is 27.6 Å². The lowest BCUT2D eigenvalue weighted by Crippen LogP contribution is -2.43. The van der Waals surface area contributed by atoms with Crippen LogP contribution in [-0.4, -0.2) is 58.7 Å². The number of esters is 1. The summed E-state index contributed by atoms with van der Waals surface area (Å²) in [5.41, 5.74) is 1.24. The van der Waals surface area contributed by atoms with E-state index in [0.717, 1.165) is 5.56 Å². The van der Waals surface area contributed by atoms with E-state index in [-0.39, 0.29) is 24.1 Å². The minimum atomic E-state index is -3.76. The largest absolute Gasteiger partial charge is 0.462 e. The fraction of sp³-hybridized carbons (Fsp3) is 0.381. The van der Waals surface area contributed by atoms with Gasteiger partial charge < -0.3 is 9.47 Å². The molecule has 9 heteroatoms. The van der Waals surface area contributed by atoms with E-state index in [2.05, 4.69) is 9.62 Å². The van der Waals surface area contributed by atoms with E-state index < -0.39 is 16.0 Å². The average molecular weight is 453 g/mol. The first-order valence-corrected chi connectivity index (χ1v) is 11.6. The minimum absolute atomic E-state index is 0.0855. The lowest BCUT2D eigenvalue weighted by Gasteiger charge is -2.35. The molecule has 1 unspecified atom stereocenters. The summed E-state index contributed by atoms with van der Waals surface area (Å²) in [7, 11) is -3.76. The number of carbonyl (C=O) groups excluding carboxylic acids is 1. The van der Waals surface area contributed by atoms with Gasteiger partial charge in [-0.3, -0.25) is 4.90 Å². The molecule has 0 bridgehead atoms. The lowest BCUT2D eigenvalue weighted by molar-refractivity contribution is 0.0172. The summed E-state index contributed by atoms with van der Waals surface area (Å²) < 4.78 is 38.7. The SMILES string of the molecule is CCOC(=O)c1ccc(S(=O)(=O)NCC(c2cccc(Cl)c2)N2CCOCC2)cc1. The van der Waals surface area contributed by atoms with Gasteiger partial charge in [0.25, 0.3) is 0 Å². The Morgan fingerprint density at radius 3 is 2.53 bits per heavy atom. The van der Waals surface area contributed by atoms with E-state index in [0.29, 0.717) is 36.9 Å². The number of benzene rings is 2. The van der Waals surface area contributed by atoms with E-state index in [1.807, 2.05) is 18.2 Å². The van der Waals surface area contributed by atoms with Crippen LogP contribution in [0.2, 0.25) is 5.02 Å². The molecule has 2 aromatic carbocycles. The van der Waals surface area contributed by atoms with Gasteiger partial charge in [0.05, 0.1) is 30.3 Å². The maximum Gasteiger partial charge on any atom is 0.338 e. The Morgan fingerprint density at radius 2 is 1.90 bits per heavy atom. The summed E-state index contributed by atoms with van der Waals surface area (Å²) in [6.45, 7) is 4.75. The number of halogens is 1. The second-order valence-electron chi connectivity index (χ2n) is 6.82. The van der Waals surface area contributed by atoms with Crippen molar-refractivity contribution in [3.63, 3.8) is 0 Å². The van der Waals surface area contributed by atoms with Crippen LogP contribution in [-0.2, 0) is 19.5 Å². The van der Waals surface area contributed by atoms with Crippen LogP contribution in [0, 0.1) is 0 Å². The van der Waals surface area contributed by atoms with Crippen LogP contribution in [0.4, 0.5) is 0 Å². The van der Waals surface area contributed by atoms with Crippen molar-refractivity contribution in [2.75, 3.05) is 39.5 Å². The van der Waals surface area contributed by atoms with Gasteiger partial charge in [-0.15, -0.1) is 0 Å². The highest BCUT2D eigenvalue weighted by Gasteiger charge is 2.25. The normalized spacial score (nSPS) is 16.2. The zero-order valence-electron chi connectivity index (χ0n) is 16.7. The molecule has 7 nitrogen and oxygen atoms in total. The molecule has 0 amide bonds. The number of sulfonamides is 1. The van der Waals surface area contributed by atoms with Crippen LogP contribution in [0.5, 0.6) is 0 Å². The van der Waals surface area contributed by atoms with E-state index >= 15 is 0 Å². The standard InChI is InChI=1S/C21H25ClN2O5S/c1-2-29-21(25)16-6-8-19(9-7-16)30(26,27)23-15-20(24-10-12-28-13-11-24)17-4-3-5-18(22)14-17/h3-9,14,20,23H,2,10-13,15H2,1H3. The summed E-state index contributed by atoms with van der Waals surface area (Å²) in [6, 6.07) is 12.9. The van der Waals surface area contributed by atoms with Gasteiger partial charge in [-0.2, -0.15) is 0 Å². The molecule has 1 fully saturated rings. The highest BCUT2D eigenvalue weighted by atomic mass is 35.5. The third-order valence-corrected chi connectivity index (χ3v) is 6.54. The van der Waals surface area contributed by atoms with Crippen LogP contribution in [0.3, 0.4) is 0 Å². The number of hydrogen-bond acceptors (Lipinski definition) is 6. The number of morpholine rings is 1. The zero-order chi connectivity index (χ0) is 21.6. The molecule has 1 atom stereocenters. The summed E-state index contributed by atoms with van der Waals surface area (Å²) in [5.74, 6) is -0.484. The third-order valence-electron chi connectivity index (χ3n) is 4.86. The molecule has 1 aliphatic heterocycles. The summed E-state index contributed by atoms with van der Waals surface area (Å²) in [4.78, 5) is 14.0. The average Bonchev–Trinajstić information content (AvgIpc) is 2.75. The number of nitrogens with one attached hydrogen (secondary N) is 1. The first kappa shape index (κ1) is 22.7. The van der Waals surface area contributed by atoms with Crippen LogP contribution in [0.15, 0.2) is 53.4 Å². The highest BCUT2D eigenvalue weighted by Crippen LogP contribution is 2.24. The van der Waals surface area contributed by atoms with E-state index in [1.54, 1.807) is 13.0 Å². The fourth-order valence-corrected chi connectivity index (χ4v) is 4.55. The van der Waals surface area contributed by atoms with Crippen molar-refractivity contribution in [1.29, 1.82) is 0 Å². The molecule has 2 aromatic rings. The number of carbonyl (C=O) groups is 1. The highest BCUT2D eigenvalue weighted by molar-refractivity contribution is 7.89. The predicted octanol–water partition coefficient (Wildman–Crippen LogP) is 2.87. The molecule has 1 heterocycles. The van der Waals surface area contributed by atoms with Crippen LogP contribution >= 0.6 is 11.6 Å². The smallest absolute Gasteiger partial charge is 0.338 e. The van der Waals surface area contributed by atoms with Crippen molar-refractivity contribution < 1.29 is 22.7 Å². The first-order valence-electron chi connectivity index (χ1n) is 9.75. The molecule has 0 aliphatic carbocycles. The van der Waals surface area contributed by atoms with Crippen molar-refractivity contribution in [1.82, 2.24) is 9.62 Å². The Bertz CT molecular complexity index is 960. The van der Waals surface area contributed by atoms with E-state index in [4.69, 9.17) is 21.1 Å². The summed E-state index contributed by atoms with van der Waals surface area (Å²) >= 11 is 6.16. The second kappa shape index (κ2) is 10.4. The molecule has 162 valence electrons. The van der Waals surface area contributed by atoms with Crippen molar-refractivity contribution in [2.45, 2.75) is 17.9 Å². The number of hydrogen-bond donors (Lipinski definition) is 1. The Balaban J connectivity index is 1.75. The lowest BCUT2D eigenvalue weighted by atomic mass is 10.1. The molecule has 1 saturated heterocycles. The molecule has 0 aromatic heterocycles. The molecule has 3 rings (SSSR count). The Morgan fingerprint density at radius 1 is 1.20 bits per heavy atom. The van der Waals surface area contributed by atoms with Gasteiger partial charge in [-0.1, -0.05) is 23.7 Å². The van der Waals surface area contributed by atoms with Crippen molar-refractivity contribution in [3.8, 4) is 0 Å². The molecule has 0 radical (unpaired) electrons. The van der Waals surface area contributed by atoms with Crippen LogP contribution in [0.25, 0.3) is 0 Å². The molecule has 0 saturated carbocycles. The van der Waals surface area contributed by atoms with E-state index in [1.165, 1.54) is 24.3 Å². The van der Waals surface area contributed by atoms with Gasteiger partial charge in [0, 0.05) is 30.7 Å². The van der Waals surface area contributed by atoms with Gasteiger partial charge >= 0.3 is 5.97 Å². The molecular weight excluding hydrogens is 428 g/mol. The van der Waals surface area contributed by atoms with Crippen molar-refractivity contribution in [2.24, 2.45) is 0 Å². The maximum absolute atomic E-state index is 12.8. The Kier molecular flexibility index (Phi) is 7.85. The van der Waals surface area contributed by atoms with E-state index in [9.17, 15) is 13.2 Å². The third kappa shape index (κ3) is 5.80. The molecule has 0 spiro atoms. The topological polar surface area (TPSA) is 84.9 Å². The summed E-state index contributed by atoms with van der Waals surface area (Å²) in [5, 5.41) is 0.600. The number of ether oxygens (including phenoxy) is 2. The monoisotopic (exact) mass is 452 g/mol. The molecule has 30 heavy (non-hydrogen) atoms. The van der Waals surface area contributed by atoms with Gasteiger partial charge in [0.1, 0.15) is 0 Å². The quantitative estimate of drug-likeness (QED) is 0.620. The van der Waals surface area contributed by atoms with Gasteiger partial charge in [0.15, 0.2) is 0 Å². The van der Waals surface area contributed by atoms with Crippen molar-refractivity contribution in [3.05, 3.63) is 64.7 Å². The van der Waals surface area contributed by atoms with Crippen LogP contribution in [0.1, 0.15) is 28.9 Å². The number of nitrogens with zero attached hydrogens (tertiary/aromatic N) is 1. The Hall–Kier alpha value is -1.97. The second-order valence-corrected chi connectivity index (χ2v) is 9.02. The molecule has 1 aliphatic rings. The first-order chi connectivity index (χ1) is 14.4. The molecular formula is C21H25ClN2O5S. The summed E-state index contributed by atoms with van der Waals surface area (Å²) in [6.07, 6.45) is 0. The fourth-order valence-electron chi connectivity index (χ4n) is 3.32. The molecule has 1 N–H and O–H groups in total. The zero-order valence-corrected chi connectivity index (χ0v) is 18.3. The van der Waals surface area contributed by atoms with Crippen LogP contribution < -0.4 is 4.72 Å².